The summed E-state index contributed by atoms with van der Waals surface area (Å²) in [4.78, 5) is 24.6. The monoisotopic (exact) mass is 462 g/mol. The third kappa shape index (κ3) is 5.57. The molecule has 4 rings (SSSR count). The molecule has 1 amide bonds. The smallest absolute Gasteiger partial charge is 0.280 e. The molecule has 172 valence electrons. The maximum absolute atomic E-state index is 12.6. The minimum Gasteiger partial charge on any atom is -0.373 e. The number of amides is 1. The van der Waals surface area contributed by atoms with Crippen molar-refractivity contribution >= 4 is 34.6 Å². The van der Waals surface area contributed by atoms with Crippen molar-refractivity contribution in [1.29, 1.82) is 5.41 Å². The van der Waals surface area contributed by atoms with Crippen LogP contribution in [0.25, 0.3) is 0 Å². The number of hydrogen-bond acceptors (Lipinski definition) is 7. The highest BCUT2D eigenvalue weighted by Gasteiger charge is 2.19. The maximum Gasteiger partial charge on any atom is 0.280 e. The number of nitrogens with zero attached hydrogens (tertiary/aromatic N) is 3. The van der Waals surface area contributed by atoms with Gasteiger partial charge in [0.1, 0.15) is 11.6 Å². The molecule has 1 aliphatic heterocycles. The van der Waals surface area contributed by atoms with Gasteiger partial charge in [0.15, 0.2) is 5.01 Å². The number of carbonyl (C=O) groups is 1. The number of anilines is 2. The first kappa shape index (κ1) is 22.9. The second-order valence-electron chi connectivity index (χ2n) is 8.29. The highest BCUT2D eigenvalue weighted by Crippen LogP contribution is 2.25. The number of nitrogens with one attached hydrogen (secondary N) is 3. The van der Waals surface area contributed by atoms with E-state index in [1.807, 2.05) is 50.4 Å². The molecule has 1 aliphatic rings. The lowest BCUT2D eigenvalue weighted by Gasteiger charge is -2.22. The van der Waals surface area contributed by atoms with Crippen molar-refractivity contribution < 1.29 is 4.79 Å². The van der Waals surface area contributed by atoms with E-state index >= 15 is 0 Å². The lowest BCUT2D eigenvalue weighted by molar-refractivity contribution is 0.0950. The number of carbonyl (C=O) groups excluding carboxylic acids is 1. The molecule has 2 aromatic heterocycles. The maximum atomic E-state index is 12.6. The Morgan fingerprint density at radius 3 is 2.52 bits per heavy atom. The summed E-state index contributed by atoms with van der Waals surface area (Å²) >= 11 is 1.22. The zero-order valence-electron chi connectivity index (χ0n) is 19.1. The summed E-state index contributed by atoms with van der Waals surface area (Å²) in [5.41, 5.74) is 3.23. The average molecular weight is 463 g/mol. The van der Waals surface area contributed by atoms with E-state index in [-0.39, 0.29) is 5.91 Å². The number of pyridine rings is 1. The number of aromatic nitrogens is 2. The van der Waals surface area contributed by atoms with E-state index in [4.69, 9.17) is 10.4 Å². The Hall–Kier alpha value is -3.26. The zero-order valence-corrected chi connectivity index (χ0v) is 20.0. The number of thiazole rings is 1. The van der Waals surface area contributed by atoms with Gasteiger partial charge in [0, 0.05) is 38.4 Å². The Labute approximate surface area is 198 Å². The Kier molecular flexibility index (Phi) is 7.34. The van der Waals surface area contributed by atoms with Gasteiger partial charge in [0.05, 0.1) is 10.6 Å². The molecular weight excluding hydrogens is 432 g/mol. The van der Waals surface area contributed by atoms with E-state index in [1.54, 1.807) is 6.20 Å². The van der Waals surface area contributed by atoms with Crippen molar-refractivity contribution in [3.63, 3.8) is 0 Å². The van der Waals surface area contributed by atoms with E-state index in [0.717, 1.165) is 24.5 Å². The average Bonchev–Trinajstić information content (AvgIpc) is 3.18. The van der Waals surface area contributed by atoms with Crippen molar-refractivity contribution in [2.24, 2.45) is 0 Å². The second kappa shape index (κ2) is 10.6. The van der Waals surface area contributed by atoms with Gasteiger partial charge in [-0.15, -0.1) is 11.3 Å². The Morgan fingerprint density at radius 2 is 1.82 bits per heavy atom. The van der Waals surface area contributed by atoms with Crippen molar-refractivity contribution in [3.8, 4) is 0 Å². The minimum absolute atomic E-state index is 0.233. The van der Waals surface area contributed by atoms with E-state index in [1.165, 1.54) is 42.6 Å². The predicted octanol–water partition coefficient (Wildman–Crippen LogP) is 4.61. The van der Waals surface area contributed by atoms with Crippen molar-refractivity contribution in [2.45, 2.75) is 39.2 Å². The fourth-order valence-electron chi connectivity index (χ4n) is 3.91. The molecule has 0 radical (unpaired) electrons. The third-order valence-corrected chi connectivity index (χ3v) is 6.85. The molecule has 1 fully saturated rings. The summed E-state index contributed by atoms with van der Waals surface area (Å²) in [6.07, 6.45) is 6.50. The standard InChI is InChI=1S/C25H30N6OS/c1-17-7-9-18(10-8-17)15-28-24(32)25-29-16-20(33-25)22(26)19-11-12-21(30-23(19)27-2)31-13-5-3-4-6-14-31/h7-12,16,26H,3-6,13-15H2,1-2H3,(H,27,30)(H,28,32). The lowest BCUT2D eigenvalue weighted by Crippen LogP contribution is -2.25. The van der Waals surface area contributed by atoms with Crippen molar-refractivity contribution in [1.82, 2.24) is 15.3 Å². The summed E-state index contributed by atoms with van der Waals surface area (Å²) in [6.45, 7) is 4.51. The number of rotatable bonds is 7. The molecule has 33 heavy (non-hydrogen) atoms. The first-order chi connectivity index (χ1) is 16.0. The Morgan fingerprint density at radius 1 is 1.09 bits per heavy atom. The molecule has 0 unspecified atom stereocenters. The van der Waals surface area contributed by atoms with E-state index in [2.05, 4.69) is 20.5 Å². The van der Waals surface area contributed by atoms with Crippen LogP contribution in [-0.4, -0.2) is 41.7 Å². The van der Waals surface area contributed by atoms with Crippen LogP contribution < -0.4 is 15.5 Å². The molecule has 0 bridgehead atoms. The third-order valence-electron chi connectivity index (χ3n) is 5.84. The summed E-state index contributed by atoms with van der Waals surface area (Å²) in [7, 11) is 1.82. The summed E-state index contributed by atoms with van der Waals surface area (Å²) in [5.74, 6) is 1.38. The van der Waals surface area contributed by atoms with Crippen LogP contribution in [0.2, 0.25) is 0 Å². The quantitative estimate of drug-likeness (QED) is 0.446. The highest BCUT2D eigenvalue weighted by atomic mass is 32.1. The van der Waals surface area contributed by atoms with Gasteiger partial charge in [-0.3, -0.25) is 10.2 Å². The van der Waals surface area contributed by atoms with Gasteiger partial charge in [-0.05, 0) is 37.5 Å². The first-order valence-electron chi connectivity index (χ1n) is 11.4. The van der Waals surface area contributed by atoms with Gasteiger partial charge < -0.3 is 15.5 Å². The molecule has 3 heterocycles. The summed E-state index contributed by atoms with van der Waals surface area (Å²) in [5, 5.41) is 15.1. The van der Waals surface area contributed by atoms with Crippen LogP contribution in [0.3, 0.4) is 0 Å². The topological polar surface area (TPSA) is 94.0 Å². The molecule has 8 heteroatoms. The van der Waals surface area contributed by atoms with Crippen LogP contribution in [0.15, 0.2) is 42.6 Å². The molecule has 1 aromatic carbocycles. The van der Waals surface area contributed by atoms with Crippen molar-refractivity contribution in [2.75, 3.05) is 30.4 Å². The number of aryl methyl sites for hydroxylation is 1. The molecule has 1 saturated heterocycles. The van der Waals surface area contributed by atoms with E-state index in [9.17, 15) is 4.79 Å². The van der Waals surface area contributed by atoms with Gasteiger partial charge in [0.25, 0.3) is 5.91 Å². The second-order valence-corrected chi connectivity index (χ2v) is 9.32. The molecule has 0 saturated carbocycles. The van der Waals surface area contributed by atoms with Gasteiger partial charge >= 0.3 is 0 Å². The molecule has 3 aromatic rings. The zero-order chi connectivity index (χ0) is 23.2. The van der Waals surface area contributed by atoms with Crippen LogP contribution in [0, 0.1) is 12.3 Å². The van der Waals surface area contributed by atoms with Gasteiger partial charge in [0.2, 0.25) is 0 Å². The summed E-state index contributed by atoms with van der Waals surface area (Å²) in [6, 6.07) is 12.0. The highest BCUT2D eigenvalue weighted by molar-refractivity contribution is 7.15. The fraction of sp³-hybridized carbons (Fsp3) is 0.360. The minimum atomic E-state index is -0.233. The van der Waals surface area contributed by atoms with Crippen LogP contribution in [0.1, 0.15) is 57.1 Å². The van der Waals surface area contributed by atoms with E-state index < -0.39 is 0 Å². The summed E-state index contributed by atoms with van der Waals surface area (Å²) < 4.78 is 0. The van der Waals surface area contributed by atoms with Crippen molar-refractivity contribution in [3.05, 3.63) is 69.2 Å². The number of benzene rings is 1. The Balaban J connectivity index is 1.45. The SMILES string of the molecule is CNc1nc(N2CCCCCC2)ccc1C(=N)c1cnc(C(=O)NCc2ccc(C)cc2)s1. The van der Waals surface area contributed by atoms with Crippen LogP contribution in [0.5, 0.6) is 0 Å². The molecule has 3 N–H and O–H groups in total. The van der Waals surface area contributed by atoms with E-state index in [0.29, 0.717) is 33.5 Å². The fourth-order valence-corrected chi connectivity index (χ4v) is 4.70. The van der Waals surface area contributed by atoms with Gasteiger partial charge in [-0.25, -0.2) is 9.97 Å². The molecule has 0 aliphatic carbocycles. The van der Waals surface area contributed by atoms with Crippen LogP contribution >= 0.6 is 11.3 Å². The largest absolute Gasteiger partial charge is 0.373 e. The molecule has 0 spiro atoms. The molecule has 0 atom stereocenters. The number of hydrogen-bond donors (Lipinski definition) is 3. The molecule has 7 nitrogen and oxygen atoms in total. The van der Waals surface area contributed by atoms with Crippen LogP contribution in [0.4, 0.5) is 11.6 Å². The molecular formula is C25H30N6OS. The Bertz CT molecular complexity index is 1120. The first-order valence-corrected chi connectivity index (χ1v) is 12.2. The lowest BCUT2D eigenvalue weighted by atomic mass is 10.1. The normalized spacial score (nSPS) is 13.9. The van der Waals surface area contributed by atoms with Crippen LogP contribution in [-0.2, 0) is 6.54 Å². The van der Waals surface area contributed by atoms with Gasteiger partial charge in [-0.1, -0.05) is 42.7 Å². The predicted molar refractivity (Wildman–Crippen MR) is 135 cm³/mol. The van der Waals surface area contributed by atoms with Gasteiger partial charge in [-0.2, -0.15) is 0 Å².